The number of aromatic carboxylic acids is 1. The summed E-state index contributed by atoms with van der Waals surface area (Å²) in [7, 11) is -4.12. The molecule has 0 bridgehead atoms. The van der Waals surface area contributed by atoms with Crippen molar-refractivity contribution in [3.05, 3.63) is 23.4 Å². The van der Waals surface area contributed by atoms with Gasteiger partial charge >= 0.3 is 12.1 Å². The summed E-state index contributed by atoms with van der Waals surface area (Å²) < 4.78 is 61.3. The Balaban J connectivity index is 2.64. The smallest absolute Gasteiger partial charge is 0.433 e. The quantitative estimate of drug-likeness (QED) is 0.918. The molecule has 9 heteroatoms. The highest BCUT2D eigenvalue weighted by Crippen LogP contribution is 2.36. The summed E-state index contributed by atoms with van der Waals surface area (Å²) >= 11 is 0. The van der Waals surface area contributed by atoms with Crippen molar-refractivity contribution in [2.24, 2.45) is 0 Å². The lowest BCUT2D eigenvalue weighted by molar-refractivity contribution is -0.141. The first-order chi connectivity index (χ1) is 8.64. The lowest BCUT2D eigenvalue weighted by Gasteiger charge is -2.10. The minimum absolute atomic E-state index is 0.305. The van der Waals surface area contributed by atoms with E-state index in [2.05, 4.69) is 4.98 Å². The van der Waals surface area contributed by atoms with Crippen LogP contribution in [0.1, 0.15) is 28.9 Å². The fourth-order valence-electron chi connectivity index (χ4n) is 1.51. The summed E-state index contributed by atoms with van der Waals surface area (Å²) in [6.45, 7) is 0. The second-order valence-corrected chi connectivity index (χ2v) is 6.24. The van der Waals surface area contributed by atoms with Crippen molar-refractivity contribution < 1.29 is 31.5 Å². The van der Waals surface area contributed by atoms with Gasteiger partial charge in [0.25, 0.3) is 0 Å². The Morgan fingerprint density at radius 2 is 1.89 bits per heavy atom. The standard InChI is InChI=1S/C10H8F3NO4S/c11-10(12,13)7-4-3-6(9(15)16)8(14-7)19(17,18)5-1-2-5/h3-5H,1-2H2,(H,15,16). The second kappa shape index (κ2) is 4.19. The second-order valence-electron chi connectivity index (χ2n) is 4.10. The van der Waals surface area contributed by atoms with Gasteiger partial charge in [-0.2, -0.15) is 13.2 Å². The van der Waals surface area contributed by atoms with Crippen molar-refractivity contribution in [3.63, 3.8) is 0 Å². The van der Waals surface area contributed by atoms with Crippen LogP contribution in [0.15, 0.2) is 17.2 Å². The molecular formula is C10H8F3NO4S. The number of carboxylic acids is 1. The van der Waals surface area contributed by atoms with E-state index in [-0.39, 0.29) is 0 Å². The summed E-state index contributed by atoms with van der Waals surface area (Å²) in [4.78, 5) is 13.9. The zero-order chi connectivity index (χ0) is 14.4. The number of nitrogens with zero attached hydrogens (tertiary/aromatic N) is 1. The molecule has 1 aliphatic rings. The van der Waals surface area contributed by atoms with E-state index in [9.17, 15) is 26.4 Å². The average Bonchev–Trinajstić information content (AvgIpc) is 3.10. The van der Waals surface area contributed by atoms with Crippen LogP contribution < -0.4 is 0 Å². The molecule has 1 N–H and O–H groups in total. The van der Waals surface area contributed by atoms with Crippen molar-refractivity contribution in [1.82, 2.24) is 4.98 Å². The van der Waals surface area contributed by atoms with Gasteiger partial charge < -0.3 is 5.11 Å². The van der Waals surface area contributed by atoms with Crippen molar-refractivity contribution in [1.29, 1.82) is 0 Å². The molecule has 0 unspecified atom stereocenters. The molecule has 5 nitrogen and oxygen atoms in total. The SMILES string of the molecule is O=C(O)c1ccc(C(F)(F)F)nc1S(=O)(=O)C1CC1. The maximum Gasteiger partial charge on any atom is 0.433 e. The van der Waals surface area contributed by atoms with Crippen LogP contribution in [0.5, 0.6) is 0 Å². The molecule has 0 amide bonds. The molecule has 1 aromatic heterocycles. The zero-order valence-corrected chi connectivity index (χ0v) is 10.1. The molecule has 0 atom stereocenters. The van der Waals surface area contributed by atoms with Crippen LogP contribution in [0.3, 0.4) is 0 Å². The van der Waals surface area contributed by atoms with E-state index in [1.54, 1.807) is 0 Å². The molecule has 0 spiro atoms. The lowest BCUT2D eigenvalue weighted by Crippen LogP contribution is -2.18. The van der Waals surface area contributed by atoms with Gasteiger partial charge in [0.15, 0.2) is 14.9 Å². The Hall–Kier alpha value is -1.64. The molecule has 1 aromatic rings. The Morgan fingerprint density at radius 3 is 2.32 bits per heavy atom. The normalized spacial score (nSPS) is 16.4. The van der Waals surface area contributed by atoms with Gasteiger partial charge in [0.1, 0.15) is 5.69 Å². The number of rotatable bonds is 3. The molecule has 1 heterocycles. The fourth-order valence-corrected chi connectivity index (χ4v) is 3.27. The molecule has 0 aromatic carbocycles. The Kier molecular flexibility index (Phi) is 3.04. The van der Waals surface area contributed by atoms with E-state index in [4.69, 9.17) is 5.11 Å². The van der Waals surface area contributed by atoms with Gasteiger partial charge in [0, 0.05) is 0 Å². The summed E-state index contributed by atoms with van der Waals surface area (Å²) in [5.74, 6) is -1.62. The molecule has 2 rings (SSSR count). The van der Waals surface area contributed by atoms with Crippen LogP contribution in [-0.4, -0.2) is 29.7 Å². The molecule has 1 fully saturated rings. The molecule has 0 radical (unpaired) electrons. The van der Waals surface area contributed by atoms with E-state index < -0.39 is 43.5 Å². The topological polar surface area (TPSA) is 84.3 Å². The van der Waals surface area contributed by atoms with Crippen LogP contribution in [0.25, 0.3) is 0 Å². The Bertz CT molecular complexity index is 635. The molecule has 0 saturated heterocycles. The van der Waals surface area contributed by atoms with Crippen LogP contribution >= 0.6 is 0 Å². The summed E-state index contributed by atoms with van der Waals surface area (Å²) in [6, 6.07) is 1.07. The predicted octanol–water partition coefficient (Wildman–Crippen LogP) is 1.73. The maximum absolute atomic E-state index is 12.5. The summed E-state index contributed by atoms with van der Waals surface area (Å²) in [5, 5.41) is 7.00. The molecule has 104 valence electrons. The third-order valence-corrected chi connectivity index (χ3v) is 4.81. The first-order valence-electron chi connectivity index (χ1n) is 5.19. The van der Waals surface area contributed by atoms with Crippen molar-refractivity contribution in [2.45, 2.75) is 29.3 Å². The minimum atomic E-state index is -4.83. The van der Waals surface area contributed by atoms with Gasteiger partial charge in [-0.1, -0.05) is 0 Å². The van der Waals surface area contributed by atoms with Gasteiger partial charge in [0.05, 0.1) is 10.8 Å². The lowest BCUT2D eigenvalue weighted by atomic mass is 10.2. The van der Waals surface area contributed by atoms with Crippen molar-refractivity contribution >= 4 is 15.8 Å². The van der Waals surface area contributed by atoms with Gasteiger partial charge in [-0.3, -0.25) is 0 Å². The number of alkyl halides is 3. The van der Waals surface area contributed by atoms with Crippen LogP contribution in [0.4, 0.5) is 13.2 Å². The number of pyridine rings is 1. The number of hydrogen-bond acceptors (Lipinski definition) is 4. The highest BCUT2D eigenvalue weighted by Gasteiger charge is 2.42. The number of halogens is 3. The molecule has 19 heavy (non-hydrogen) atoms. The predicted molar refractivity (Wildman–Crippen MR) is 56.4 cm³/mol. The maximum atomic E-state index is 12.5. The first kappa shape index (κ1) is 13.8. The summed E-state index contributed by atoms with van der Waals surface area (Å²) in [6.07, 6.45) is -4.22. The van der Waals surface area contributed by atoms with Gasteiger partial charge in [-0.05, 0) is 25.0 Å². The minimum Gasteiger partial charge on any atom is -0.478 e. The van der Waals surface area contributed by atoms with E-state index in [0.717, 1.165) is 0 Å². The zero-order valence-electron chi connectivity index (χ0n) is 9.31. The number of sulfone groups is 1. The largest absolute Gasteiger partial charge is 0.478 e. The van der Waals surface area contributed by atoms with Gasteiger partial charge in [0.2, 0.25) is 0 Å². The molecular weight excluding hydrogens is 287 g/mol. The van der Waals surface area contributed by atoms with Gasteiger partial charge in [-0.15, -0.1) is 0 Å². The average molecular weight is 295 g/mol. The molecule has 0 aliphatic heterocycles. The fraction of sp³-hybridized carbons (Fsp3) is 0.400. The van der Waals surface area contributed by atoms with E-state index in [0.29, 0.717) is 25.0 Å². The van der Waals surface area contributed by atoms with Crippen LogP contribution in [0.2, 0.25) is 0 Å². The number of aromatic nitrogens is 1. The Morgan fingerprint density at radius 1 is 1.32 bits per heavy atom. The molecule has 1 aliphatic carbocycles. The highest BCUT2D eigenvalue weighted by molar-refractivity contribution is 7.92. The Labute approximate surface area is 106 Å². The van der Waals surface area contributed by atoms with Crippen molar-refractivity contribution in [3.8, 4) is 0 Å². The van der Waals surface area contributed by atoms with E-state index >= 15 is 0 Å². The first-order valence-corrected chi connectivity index (χ1v) is 6.74. The van der Waals surface area contributed by atoms with Crippen LogP contribution in [0, 0.1) is 0 Å². The number of carboxylic acid groups (broad SMARTS) is 1. The monoisotopic (exact) mass is 295 g/mol. The van der Waals surface area contributed by atoms with E-state index in [1.807, 2.05) is 0 Å². The highest BCUT2D eigenvalue weighted by atomic mass is 32.2. The third-order valence-electron chi connectivity index (χ3n) is 2.61. The third kappa shape index (κ3) is 2.55. The summed E-state index contributed by atoms with van der Waals surface area (Å²) in [5.41, 5.74) is -2.16. The number of carbonyl (C=O) groups is 1. The van der Waals surface area contributed by atoms with Gasteiger partial charge in [-0.25, -0.2) is 18.2 Å². The van der Waals surface area contributed by atoms with E-state index in [1.165, 1.54) is 0 Å². The number of hydrogen-bond donors (Lipinski definition) is 1. The molecule has 1 saturated carbocycles. The van der Waals surface area contributed by atoms with Crippen molar-refractivity contribution in [2.75, 3.05) is 0 Å². The van der Waals surface area contributed by atoms with Crippen LogP contribution in [-0.2, 0) is 16.0 Å².